The molecule has 2 rings (SSSR count). The van der Waals surface area contributed by atoms with Crippen LogP contribution in [0.25, 0.3) is 0 Å². The van der Waals surface area contributed by atoms with Crippen LogP contribution in [0.1, 0.15) is 11.4 Å². The first kappa shape index (κ1) is 10.9. The normalized spacial score (nSPS) is 20.3. The summed E-state index contributed by atoms with van der Waals surface area (Å²) in [6.07, 6.45) is -0.476. The number of nitrogens with zero attached hydrogens (tertiary/aromatic N) is 3. The third-order valence-electron chi connectivity index (χ3n) is 2.66. The topological polar surface area (TPSA) is 73.4 Å². The van der Waals surface area contributed by atoms with Crippen molar-refractivity contribution in [2.24, 2.45) is 12.8 Å². The lowest BCUT2D eigenvalue weighted by Gasteiger charge is -2.12. The van der Waals surface area contributed by atoms with Crippen molar-refractivity contribution < 1.29 is 9.53 Å². The van der Waals surface area contributed by atoms with Gasteiger partial charge in [-0.1, -0.05) is 0 Å². The lowest BCUT2D eigenvalue weighted by atomic mass is 10.3. The molecule has 2 heterocycles. The van der Waals surface area contributed by atoms with E-state index in [0.29, 0.717) is 19.6 Å². The average Bonchev–Trinajstić information content (AvgIpc) is 2.72. The molecule has 88 valence electrons. The summed E-state index contributed by atoms with van der Waals surface area (Å²) >= 11 is 0. The predicted molar refractivity (Wildman–Crippen MR) is 57.7 cm³/mol. The third kappa shape index (κ3) is 2.01. The lowest BCUT2D eigenvalue weighted by Crippen LogP contribution is -2.28. The molecule has 0 radical (unpaired) electrons. The number of aryl methyl sites for hydroxylation is 2. The Morgan fingerprint density at radius 1 is 1.69 bits per heavy atom. The summed E-state index contributed by atoms with van der Waals surface area (Å²) in [5, 5.41) is 4.23. The van der Waals surface area contributed by atoms with Crippen molar-refractivity contribution in [2.75, 3.05) is 13.1 Å². The first-order chi connectivity index (χ1) is 7.60. The van der Waals surface area contributed by atoms with Crippen molar-refractivity contribution in [2.45, 2.75) is 19.6 Å². The Kier molecular flexibility index (Phi) is 2.82. The fourth-order valence-corrected chi connectivity index (χ4v) is 1.83. The summed E-state index contributed by atoms with van der Waals surface area (Å²) in [5.41, 5.74) is 7.40. The molecule has 1 unspecified atom stereocenters. The molecule has 1 aliphatic rings. The van der Waals surface area contributed by atoms with Crippen LogP contribution in [0.2, 0.25) is 0 Å². The number of nitrogens with two attached hydrogens (primary N) is 1. The summed E-state index contributed by atoms with van der Waals surface area (Å²) < 4.78 is 6.85. The van der Waals surface area contributed by atoms with Gasteiger partial charge in [0.15, 0.2) is 0 Å². The molecule has 16 heavy (non-hydrogen) atoms. The average molecular weight is 224 g/mol. The number of carbonyl (C=O) groups is 1. The summed E-state index contributed by atoms with van der Waals surface area (Å²) in [5.74, 6) is 0. The van der Waals surface area contributed by atoms with E-state index < -0.39 is 0 Å². The van der Waals surface area contributed by atoms with E-state index in [1.54, 1.807) is 9.58 Å². The van der Waals surface area contributed by atoms with Gasteiger partial charge in [0.25, 0.3) is 0 Å². The molecule has 0 saturated carbocycles. The molecule has 1 aromatic rings. The van der Waals surface area contributed by atoms with Gasteiger partial charge in [-0.15, -0.1) is 0 Å². The summed E-state index contributed by atoms with van der Waals surface area (Å²) in [7, 11) is 1.87. The van der Waals surface area contributed by atoms with Gasteiger partial charge in [-0.05, 0) is 13.0 Å². The zero-order valence-electron chi connectivity index (χ0n) is 9.51. The van der Waals surface area contributed by atoms with Gasteiger partial charge in [-0.2, -0.15) is 5.10 Å². The van der Waals surface area contributed by atoms with Crippen LogP contribution in [0.15, 0.2) is 6.07 Å². The van der Waals surface area contributed by atoms with Gasteiger partial charge in [0.1, 0.15) is 6.10 Å². The first-order valence-corrected chi connectivity index (χ1v) is 5.25. The Hall–Kier alpha value is -1.56. The maximum absolute atomic E-state index is 11.5. The second kappa shape index (κ2) is 4.13. The highest BCUT2D eigenvalue weighted by Gasteiger charge is 2.30. The van der Waals surface area contributed by atoms with Crippen molar-refractivity contribution >= 4 is 6.09 Å². The molecule has 0 aromatic carbocycles. The number of carbonyl (C=O) groups excluding carboxylic acids is 1. The van der Waals surface area contributed by atoms with E-state index >= 15 is 0 Å². The molecule has 1 fully saturated rings. The van der Waals surface area contributed by atoms with E-state index in [2.05, 4.69) is 5.10 Å². The van der Waals surface area contributed by atoms with Crippen molar-refractivity contribution in [3.63, 3.8) is 0 Å². The van der Waals surface area contributed by atoms with Gasteiger partial charge >= 0.3 is 6.09 Å². The van der Waals surface area contributed by atoms with Crippen LogP contribution in [0.4, 0.5) is 4.79 Å². The number of hydrogen-bond acceptors (Lipinski definition) is 4. The molecule has 1 aromatic heterocycles. The zero-order valence-corrected chi connectivity index (χ0v) is 9.51. The summed E-state index contributed by atoms with van der Waals surface area (Å²) in [6.45, 7) is 3.37. The first-order valence-electron chi connectivity index (χ1n) is 5.25. The van der Waals surface area contributed by atoms with E-state index in [1.807, 2.05) is 20.0 Å². The molecule has 1 atom stereocenters. The molecule has 0 spiro atoms. The molecule has 0 bridgehead atoms. The number of cyclic esters (lactones) is 1. The quantitative estimate of drug-likeness (QED) is 0.784. The zero-order chi connectivity index (χ0) is 11.7. The van der Waals surface area contributed by atoms with E-state index in [-0.39, 0.29) is 12.2 Å². The predicted octanol–water partition coefficient (Wildman–Crippen LogP) is 0.00802. The van der Waals surface area contributed by atoms with Gasteiger partial charge in [0.2, 0.25) is 0 Å². The van der Waals surface area contributed by atoms with Gasteiger partial charge in [0, 0.05) is 13.6 Å². The Morgan fingerprint density at radius 2 is 2.44 bits per heavy atom. The van der Waals surface area contributed by atoms with Crippen molar-refractivity contribution in [1.29, 1.82) is 0 Å². The van der Waals surface area contributed by atoms with Gasteiger partial charge in [0.05, 0.1) is 24.5 Å². The largest absolute Gasteiger partial charge is 0.443 e. The highest BCUT2D eigenvalue weighted by Crippen LogP contribution is 2.14. The van der Waals surface area contributed by atoms with Crippen LogP contribution < -0.4 is 5.73 Å². The minimum Gasteiger partial charge on any atom is -0.443 e. The van der Waals surface area contributed by atoms with E-state index in [1.165, 1.54) is 0 Å². The second-order valence-corrected chi connectivity index (χ2v) is 4.02. The Balaban J connectivity index is 2.05. The van der Waals surface area contributed by atoms with Gasteiger partial charge < -0.3 is 10.5 Å². The minimum atomic E-state index is -0.297. The smallest absolute Gasteiger partial charge is 0.410 e. The molecule has 1 aliphatic heterocycles. The molecule has 0 aliphatic carbocycles. The standard InChI is InChI=1S/C10H16N4O2/c1-7-3-8(13(2)12-7)5-14-6-9(4-11)16-10(14)15/h3,9H,4-6,11H2,1-2H3. The second-order valence-electron chi connectivity index (χ2n) is 4.02. The number of ether oxygens (including phenoxy) is 1. The Bertz CT molecular complexity index is 402. The molecule has 2 N–H and O–H groups in total. The van der Waals surface area contributed by atoms with Crippen LogP contribution >= 0.6 is 0 Å². The Labute approximate surface area is 94.0 Å². The fraction of sp³-hybridized carbons (Fsp3) is 0.600. The summed E-state index contributed by atoms with van der Waals surface area (Å²) in [4.78, 5) is 13.1. The Morgan fingerprint density at radius 3 is 2.94 bits per heavy atom. The minimum absolute atomic E-state index is 0.179. The van der Waals surface area contributed by atoms with Crippen LogP contribution in [0, 0.1) is 6.92 Å². The lowest BCUT2D eigenvalue weighted by molar-refractivity contribution is 0.134. The fourth-order valence-electron chi connectivity index (χ4n) is 1.83. The maximum Gasteiger partial charge on any atom is 0.410 e. The highest BCUT2D eigenvalue weighted by molar-refractivity contribution is 5.69. The molecule has 1 amide bonds. The molecular weight excluding hydrogens is 208 g/mol. The van der Waals surface area contributed by atoms with Crippen LogP contribution in [0.3, 0.4) is 0 Å². The third-order valence-corrected chi connectivity index (χ3v) is 2.66. The van der Waals surface area contributed by atoms with Crippen molar-refractivity contribution in [3.8, 4) is 0 Å². The summed E-state index contributed by atoms with van der Waals surface area (Å²) in [6, 6.07) is 1.96. The van der Waals surface area contributed by atoms with E-state index in [0.717, 1.165) is 11.4 Å². The molecular formula is C10H16N4O2. The van der Waals surface area contributed by atoms with Gasteiger partial charge in [-0.3, -0.25) is 9.58 Å². The van der Waals surface area contributed by atoms with E-state index in [4.69, 9.17) is 10.5 Å². The molecule has 6 nitrogen and oxygen atoms in total. The number of aromatic nitrogens is 2. The van der Waals surface area contributed by atoms with E-state index in [9.17, 15) is 4.79 Å². The van der Waals surface area contributed by atoms with Crippen LogP contribution in [-0.2, 0) is 18.3 Å². The van der Waals surface area contributed by atoms with Crippen molar-refractivity contribution in [3.05, 3.63) is 17.5 Å². The number of amides is 1. The monoisotopic (exact) mass is 224 g/mol. The maximum atomic E-state index is 11.5. The van der Waals surface area contributed by atoms with Gasteiger partial charge in [-0.25, -0.2) is 4.79 Å². The SMILES string of the molecule is Cc1cc(CN2CC(CN)OC2=O)n(C)n1. The number of rotatable bonds is 3. The highest BCUT2D eigenvalue weighted by atomic mass is 16.6. The van der Waals surface area contributed by atoms with Crippen LogP contribution in [-0.4, -0.2) is 40.0 Å². The van der Waals surface area contributed by atoms with Crippen LogP contribution in [0.5, 0.6) is 0 Å². The van der Waals surface area contributed by atoms with Crippen molar-refractivity contribution in [1.82, 2.24) is 14.7 Å². The molecule has 1 saturated heterocycles. The number of hydrogen-bond donors (Lipinski definition) is 1. The molecule has 6 heteroatoms.